The molecule has 3 nitrogen and oxygen atoms in total. The predicted molar refractivity (Wildman–Crippen MR) is 66.5 cm³/mol. The van der Waals surface area contributed by atoms with Gasteiger partial charge in [-0.2, -0.15) is 0 Å². The Morgan fingerprint density at radius 2 is 1.75 bits per heavy atom. The fourth-order valence-corrected chi connectivity index (χ4v) is 1.80. The van der Waals surface area contributed by atoms with E-state index in [-0.39, 0.29) is 0 Å². The molecular formula is C12H14BNO2. The average molecular weight is 215 g/mol. The lowest BCUT2D eigenvalue weighted by Crippen LogP contribution is -2.29. The molecule has 0 atom stereocenters. The molecule has 0 saturated heterocycles. The van der Waals surface area contributed by atoms with E-state index < -0.39 is 7.12 Å². The monoisotopic (exact) mass is 215 g/mol. The number of fused-ring (bicyclic) bond motifs is 1. The van der Waals surface area contributed by atoms with Crippen LogP contribution in [0.25, 0.3) is 10.8 Å². The van der Waals surface area contributed by atoms with E-state index in [1.807, 2.05) is 24.3 Å². The maximum Gasteiger partial charge on any atom is 0.488 e. The molecule has 0 aliphatic carbocycles. The summed E-state index contributed by atoms with van der Waals surface area (Å²) in [7, 11) is -1.41. The van der Waals surface area contributed by atoms with Gasteiger partial charge < -0.3 is 15.8 Å². The smallest absolute Gasteiger partial charge is 0.423 e. The normalized spacial score (nSPS) is 10.7. The second kappa shape index (κ2) is 4.66. The zero-order chi connectivity index (χ0) is 11.5. The summed E-state index contributed by atoms with van der Waals surface area (Å²) in [5, 5.41) is 20.3. The number of rotatable bonds is 3. The van der Waals surface area contributed by atoms with Gasteiger partial charge in [0.2, 0.25) is 0 Å². The first kappa shape index (κ1) is 11.1. The van der Waals surface area contributed by atoms with Crippen LogP contribution in [-0.2, 0) is 6.42 Å². The first-order valence-corrected chi connectivity index (χ1v) is 5.29. The van der Waals surface area contributed by atoms with E-state index in [1.54, 1.807) is 12.1 Å². The SMILES string of the molecule is NCCc1ccc2ccc(B(O)O)cc2c1. The van der Waals surface area contributed by atoms with Crippen LogP contribution in [0, 0.1) is 0 Å². The molecule has 82 valence electrons. The second-order valence-electron chi connectivity index (χ2n) is 3.85. The van der Waals surface area contributed by atoms with Crippen LogP contribution in [0.4, 0.5) is 0 Å². The Bertz CT molecular complexity index is 499. The van der Waals surface area contributed by atoms with Gasteiger partial charge in [0.15, 0.2) is 0 Å². The molecule has 2 aromatic rings. The van der Waals surface area contributed by atoms with Crippen LogP contribution in [0.5, 0.6) is 0 Å². The lowest BCUT2D eigenvalue weighted by Gasteiger charge is -2.05. The first-order valence-electron chi connectivity index (χ1n) is 5.29. The number of hydrogen-bond donors (Lipinski definition) is 3. The molecule has 0 spiro atoms. The molecule has 0 fully saturated rings. The highest BCUT2D eigenvalue weighted by Gasteiger charge is 2.10. The van der Waals surface area contributed by atoms with Crippen LogP contribution in [0.15, 0.2) is 36.4 Å². The van der Waals surface area contributed by atoms with Crippen LogP contribution >= 0.6 is 0 Å². The van der Waals surface area contributed by atoms with Crippen molar-refractivity contribution in [3.63, 3.8) is 0 Å². The van der Waals surface area contributed by atoms with E-state index in [0.29, 0.717) is 12.0 Å². The van der Waals surface area contributed by atoms with Crippen molar-refractivity contribution in [3.8, 4) is 0 Å². The maximum atomic E-state index is 9.09. The lowest BCUT2D eigenvalue weighted by atomic mass is 9.79. The minimum Gasteiger partial charge on any atom is -0.423 e. The standard InChI is InChI=1S/C12H14BNO2/c14-6-5-9-1-2-10-3-4-12(13(15)16)8-11(10)7-9/h1-4,7-8,15-16H,5-6,14H2. The molecule has 0 bridgehead atoms. The molecule has 2 rings (SSSR count). The summed E-state index contributed by atoms with van der Waals surface area (Å²) in [6, 6.07) is 11.5. The molecule has 0 unspecified atom stereocenters. The Morgan fingerprint density at radius 1 is 1.00 bits per heavy atom. The highest BCUT2D eigenvalue weighted by Crippen LogP contribution is 2.15. The van der Waals surface area contributed by atoms with Gasteiger partial charge in [0.1, 0.15) is 0 Å². The summed E-state index contributed by atoms with van der Waals surface area (Å²) in [6.45, 7) is 0.619. The second-order valence-corrected chi connectivity index (χ2v) is 3.85. The van der Waals surface area contributed by atoms with Crippen molar-refractivity contribution in [1.29, 1.82) is 0 Å². The Labute approximate surface area is 94.7 Å². The Balaban J connectivity index is 2.48. The third kappa shape index (κ3) is 2.24. The molecule has 16 heavy (non-hydrogen) atoms. The van der Waals surface area contributed by atoms with Crippen molar-refractivity contribution in [1.82, 2.24) is 0 Å². The molecule has 0 aromatic heterocycles. The lowest BCUT2D eigenvalue weighted by molar-refractivity contribution is 0.426. The maximum absolute atomic E-state index is 9.09. The van der Waals surface area contributed by atoms with Crippen LogP contribution in [0.2, 0.25) is 0 Å². The quantitative estimate of drug-likeness (QED) is 0.632. The van der Waals surface area contributed by atoms with E-state index in [2.05, 4.69) is 0 Å². The number of nitrogens with two attached hydrogens (primary N) is 1. The van der Waals surface area contributed by atoms with Gasteiger partial charge >= 0.3 is 7.12 Å². The highest BCUT2D eigenvalue weighted by molar-refractivity contribution is 6.58. The molecule has 0 aliphatic heterocycles. The average Bonchev–Trinajstić information content (AvgIpc) is 2.28. The number of hydrogen-bond acceptors (Lipinski definition) is 3. The van der Waals surface area contributed by atoms with Crippen LogP contribution in [0.1, 0.15) is 5.56 Å². The molecule has 0 heterocycles. The Morgan fingerprint density at radius 3 is 2.44 bits per heavy atom. The van der Waals surface area contributed by atoms with Gasteiger partial charge in [-0.25, -0.2) is 0 Å². The fourth-order valence-electron chi connectivity index (χ4n) is 1.80. The molecule has 2 aromatic carbocycles. The van der Waals surface area contributed by atoms with Gasteiger partial charge in [0.25, 0.3) is 0 Å². The minimum absolute atomic E-state index is 0.511. The molecule has 0 radical (unpaired) electrons. The molecule has 0 saturated carbocycles. The third-order valence-electron chi connectivity index (χ3n) is 2.66. The summed E-state index contributed by atoms with van der Waals surface area (Å²) in [4.78, 5) is 0. The van der Waals surface area contributed by atoms with Crippen LogP contribution in [0.3, 0.4) is 0 Å². The zero-order valence-electron chi connectivity index (χ0n) is 8.93. The predicted octanol–water partition coefficient (Wildman–Crippen LogP) is 0.0208. The van der Waals surface area contributed by atoms with E-state index in [0.717, 1.165) is 17.2 Å². The Hall–Kier alpha value is -1.36. The van der Waals surface area contributed by atoms with Gasteiger partial charge in [0.05, 0.1) is 0 Å². The van der Waals surface area contributed by atoms with E-state index in [1.165, 1.54) is 5.56 Å². The van der Waals surface area contributed by atoms with Gasteiger partial charge in [-0.15, -0.1) is 0 Å². The largest absolute Gasteiger partial charge is 0.488 e. The third-order valence-corrected chi connectivity index (χ3v) is 2.66. The fraction of sp³-hybridized carbons (Fsp3) is 0.167. The van der Waals surface area contributed by atoms with E-state index in [9.17, 15) is 0 Å². The van der Waals surface area contributed by atoms with Crippen LogP contribution in [-0.4, -0.2) is 23.7 Å². The van der Waals surface area contributed by atoms with E-state index >= 15 is 0 Å². The molecule has 4 heteroatoms. The summed E-state index contributed by atoms with van der Waals surface area (Å²) >= 11 is 0. The van der Waals surface area contributed by atoms with Crippen molar-refractivity contribution in [2.24, 2.45) is 5.73 Å². The summed E-state index contributed by atoms with van der Waals surface area (Å²) in [5.41, 5.74) is 7.18. The van der Waals surface area contributed by atoms with Crippen molar-refractivity contribution < 1.29 is 10.0 Å². The molecular weight excluding hydrogens is 201 g/mol. The highest BCUT2D eigenvalue weighted by atomic mass is 16.4. The molecule has 0 aliphatic rings. The zero-order valence-corrected chi connectivity index (χ0v) is 8.93. The van der Waals surface area contributed by atoms with Crippen molar-refractivity contribution in [2.75, 3.05) is 6.54 Å². The van der Waals surface area contributed by atoms with Crippen LogP contribution < -0.4 is 11.2 Å². The van der Waals surface area contributed by atoms with Crippen molar-refractivity contribution in [2.45, 2.75) is 6.42 Å². The summed E-state index contributed by atoms with van der Waals surface area (Å²) in [5.74, 6) is 0. The van der Waals surface area contributed by atoms with Gasteiger partial charge in [0, 0.05) is 0 Å². The summed E-state index contributed by atoms with van der Waals surface area (Å²) in [6.07, 6.45) is 0.835. The Kier molecular flexibility index (Phi) is 3.24. The van der Waals surface area contributed by atoms with Crippen molar-refractivity contribution in [3.05, 3.63) is 42.0 Å². The molecule has 4 N–H and O–H groups in total. The molecule has 0 amide bonds. The van der Waals surface area contributed by atoms with Gasteiger partial charge in [-0.1, -0.05) is 36.4 Å². The first-order chi connectivity index (χ1) is 7.70. The van der Waals surface area contributed by atoms with Crippen molar-refractivity contribution >= 4 is 23.4 Å². The minimum atomic E-state index is -1.41. The van der Waals surface area contributed by atoms with Gasteiger partial charge in [-0.3, -0.25) is 0 Å². The topological polar surface area (TPSA) is 66.5 Å². The summed E-state index contributed by atoms with van der Waals surface area (Å²) < 4.78 is 0. The van der Waals surface area contributed by atoms with Gasteiger partial charge in [-0.05, 0) is 34.8 Å². The van der Waals surface area contributed by atoms with E-state index in [4.69, 9.17) is 15.8 Å². The number of benzene rings is 2.